The average Bonchev–Trinajstić information content (AvgIpc) is 2.37. The first kappa shape index (κ1) is 15.8. The zero-order chi connectivity index (χ0) is 13.6. The highest BCUT2D eigenvalue weighted by Gasteiger charge is 1.94. The molecule has 0 unspecified atom stereocenters. The smallest absolute Gasteiger partial charge is 0.315 e. The molecule has 0 atom stereocenters. The molecule has 0 aliphatic heterocycles. The molecule has 6 heteroatoms. The van der Waals surface area contributed by atoms with Gasteiger partial charge in [0.2, 0.25) is 0 Å². The summed E-state index contributed by atoms with van der Waals surface area (Å²) in [6, 6.07) is -0.507. The van der Waals surface area contributed by atoms with E-state index in [2.05, 4.69) is 34.4 Å². The van der Waals surface area contributed by atoms with Crippen LogP contribution in [0.3, 0.4) is 0 Å². The van der Waals surface area contributed by atoms with Crippen LogP contribution in [0.15, 0.2) is 37.5 Å². The van der Waals surface area contributed by atoms with Gasteiger partial charge in [0.05, 0.1) is 0 Å². The molecule has 4 N–H and O–H groups in total. The normalized spacial score (nSPS) is 9.56. The summed E-state index contributed by atoms with van der Waals surface area (Å²) in [5.41, 5.74) is 0. The lowest BCUT2D eigenvalue weighted by Crippen LogP contribution is -2.36. The van der Waals surface area contributed by atoms with Crippen molar-refractivity contribution in [2.24, 2.45) is 0 Å². The van der Waals surface area contributed by atoms with E-state index in [9.17, 15) is 9.59 Å². The van der Waals surface area contributed by atoms with Crippen molar-refractivity contribution >= 4 is 12.1 Å². The molecular formula is C12H20N4O2. The van der Waals surface area contributed by atoms with E-state index in [1.165, 1.54) is 0 Å². The van der Waals surface area contributed by atoms with Crippen LogP contribution >= 0.6 is 0 Å². The number of amides is 4. The number of rotatable bonds is 8. The van der Waals surface area contributed by atoms with E-state index in [0.717, 1.165) is 0 Å². The Morgan fingerprint density at radius 2 is 1.06 bits per heavy atom. The Morgan fingerprint density at radius 1 is 0.722 bits per heavy atom. The van der Waals surface area contributed by atoms with Gasteiger partial charge in [-0.2, -0.15) is 0 Å². The third-order valence-corrected chi connectivity index (χ3v) is 1.74. The third kappa shape index (κ3) is 10.3. The minimum absolute atomic E-state index is 0.253. The quantitative estimate of drug-likeness (QED) is 0.475. The number of hydrogen-bond acceptors (Lipinski definition) is 2. The maximum absolute atomic E-state index is 11.1. The van der Waals surface area contributed by atoms with Crippen LogP contribution in [-0.2, 0) is 0 Å². The van der Waals surface area contributed by atoms with Crippen LogP contribution in [0.1, 0.15) is 0 Å². The summed E-state index contributed by atoms with van der Waals surface area (Å²) in [4.78, 5) is 22.1. The van der Waals surface area contributed by atoms with Crippen molar-refractivity contribution in [1.29, 1.82) is 0 Å². The van der Waals surface area contributed by atoms with Gasteiger partial charge < -0.3 is 21.3 Å². The largest absolute Gasteiger partial charge is 0.335 e. The zero-order valence-electron chi connectivity index (χ0n) is 10.4. The van der Waals surface area contributed by atoms with E-state index >= 15 is 0 Å². The fraction of sp³-hybridized carbons (Fsp3) is 0.333. The summed E-state index contributed by atoms with van der Waals surface area (Å²) in [6.45, 7) is 8.63. The van der Waals surface area contributed by atoms with Crippen molar-refractivity contribution in [3.05, 3.63) is 37.5 Å². The fourth-order valence-electron chi connectivity index (χ4n) is 0.925. The maximum Gasteiger partial charge on any atom is 0.315 e. The Kier molecular flexibility index (Phi) is 9.85. The van der Waals surface area contributed by atoms with Crippen molar-refractivity contribution in [2.45, 2.75) is 0 Å². The average molecular weight is 252 g/mol. The number of urea groups is 2. The highest BCUT2D eigenvalue weighted by molar-refractivity contribution is 5.74. The van der Waals surface area contributed by atoms with Crippen molar-refractivity contribution in [3.63, 3.8) is 0 Å². The van der Waals surface area contributed by atoms with Crippen molar-refractivity contribution in [3.8, 4) is 0 Å². The molecule has 18 heavy (non-hydrogen) atoms. The number of carbonyl (C=O) groups is 2. The summed E-state index contributed by atoms with van der Waals surface area (Å²) in [7, 11) is 0. The molecule has 0 saturated carbocycles. The van der Waals surface area contributed by atoms with Crippen LogP contribution in [0, 0.1) is 0 Å². The van der Waals surface area contributed by atoms with E-state index in [4.69, 9.17) is 0 Å². The van der Waals surface area contributed by atoms with E-state index in [1.54, 1.807) is 24.3 Å². The Labute approximate surface area is 107 Å². The molecular weight excluding hydrogens is 232 g/mol. The summed E-state index contributed by atoms with van der Waals surface area (Å²) in [6.07, 6.45) is 6.70. The van der Waals surface area contributed by atoms with Gasteiger partial charge in [-0.3, -0.25) is 0 Å². The standard InChI is InChI=1S/C12H20N4O2/c1-3-7-13-11(17)15-9-5-6-10-16-12(18)14-8-4-2/h3-6H,1-2,7-10H2,(H2,13,15,17)(H2,14,16,18)/b6-5+. The second-order valence-electron chi connectivity index (χ2n) is 3.23. The van der Waals surface area contributed by atoms with Gasteiger partial charge in [0, 0.05) is 26.2 Å². The monoisotopic (exact) mass is 252 g/mol. The van der Waals surface area contributed by atoms with E-state index in [1.807, 2.05) is 0 Å². The van der Waals surface area contributed by atoms with Gasteiger partial charge in [0.15, 0.2) is 0 Å². The predicted octanol–water partition coefficient (Wildman–Crippen LogP) is 0.513. The number of nitrogens with one attached hydrogen (secondary N) is 4. The second-order valence-corrected chi connectivity index (χ2v) is 3.23. The number of carbonyl (C=O) groups excluding carboxylic acids is 2. The summed E-state index contributed by atoms with van der Waals surface area (Å²) in [5, 5.41) is 10.4. The van der Waals surface area contributed by atoms with Gasteiger partial charge in [0.25, 0.3) is 0 Å². The van der Waals surface area contributed by atoms with Crippen LogP contribution in [-0.4, -0.2) is 38.2 Å². The molecule has 0 saturated heterocycles. The lowest BCUT2D eigenvalue weighted by atomic mass is 10.5. The van der Waals surface area contributed by atoms with Gasteiger partial charge in [0.1, 0.15) is 0 Å². The molecule has 0 aromatic carbocycles. The fourth-order valence-corrected chi connectivity index (χ4v) is 0.925. The van der Waals surface area contributed by atoms with Crippen molar-refractivity contribution in [2.75, 3.05) is 26.2 Å². The van der Waals surface area contributed by atoms with Crippen LogP contribution < -0.4 is 21.3 Å². The summed E-state index contributed by atoms with van der Waals surface area (Å²) >= 11 is 0. The first-order chi connectivity index (χ1) is 8.70. The van der Waals surface area contributed by atoms with Crippen molar-refractivity contribution in [1.82, 2.24) is 21.3 Å². The molecule has 0 rings (SSSR count). The van der Waals surface area contributed by atoms with Crippen LogP contribution in [0.5, 0.6) is 0 Å². The molecule has 4 amide bonds. The zero-order valence-corrected chi connectivity index (χ0v) is 10.4. The predicted molar refractivity (Wildman–Crippen MR) is 72.3 cm³/mol. The minimum Gasteiger partial charge on any atom is -0.335 e. The second kappa shape index (κ2) is 11.3. The van der Waals surface area contributed by atoms with Crippen molar-refractivity contribution < 1.29 is 9.59 Å². The molecule has 0 heterocycles. The first-order valence-corrected chi connectivity index (χ1v) is 5.61. The Hall–Kier alpha value is -2.24. The molecule has 100 valence electrons. The molecule has 0 aromatic heterocycles. The van der Waals surface area contributed by atoms with E-state index in [0.29, 0.717) is 26.2 Å². The molecule has 0 radical (unpaired) electrons. The van der Waals surface area contributed by atoms with Crippen LogP contribution in [0.25, 0.3) is 0 Å². The molecule has 0 spiro atoms. The number of hydrogen-bond donors (Lipinski definition) is 4. The van der Waals surface area contributed by atoms with Gasteiger partial charge >= 0.3 is 12.1 Å². The molecule has 0 aliphatic rings. The Morgan fingerprint density at radius 3 is 1.39 bits per heavy atom. The lowest BCUT2D eigenvalue weighted by molar-refractivity contribution is 0.242. The minimum atomic E-state index is -0.253. The van der Waals surface area contributed by atoms with E-state index in [-0.39, 0.29) is 12.1 Å². The van der Waals surface area contributed by atoms with Gasteiger partial charge in [-0.25, -0.2) is 9.59 Å². The molecule has 0 aliphatic carbocycles. The SMILES string of the molecule is C=CCNC(=O)NC/C=C/CNC(=O)NCC=C. The highest BCUT2D eigenvalue weighted by Crippen LogP contribution is 1.73. The molecule has 6 nitrogen and oxygen atoms in total. The van der Waals surface area contributed by atoms with Crippen LogP contribution in [0.4, 0.5) is 9.59 Å². The maximum atomic E-state index is 11.1. The lowest BCUT2D eigenvalue weighted by Gasteiger charge is -2.03. The Balaban J connectivity index is 3.48. The van der Waals surface area contributed by atoms with E-state index < -0.39 is 0 Å². The van der Waals surface area contributed by atoms with Gasteiger partial charge in [-0.1, -0.05) is 24.3 Å². The van der Waals surface area contributed by atoms with Gasteiger partial charge in [-0.05, 0) is 0 Å². The Bertz CT molecular complexity index is 283. The molecule has 0 bridgehead atoms. The van der Waals surface area contributed by atoms with Gasteiger partial charge in [-0.15, -0.1) is 13.2 Å². The summed E-state index contributed by atoms with van der Waals surface area (Å²) in [5.74, 6) is 0. The topological polar surface area (TPSA) is 82.3 Å². The first-order valence-electron chi connectivity index (χ1n) is 5.61. The molecule has 0 fully saturated rings. The highest BCUT2D eigenvalue weighted by atomic mass is 16.2. The molecule has 0 aromatic rings. The summed E-state index contributed by atoms with van der Waals surface area (Å²) < 4.78 is 0. The van der Waals surface area contributed by atoms with Crippen LogP contribution in [0.2, 0.25) is 0 Å². The third-order valence-electron chi connectivity index (χ3n) is 1.74.